The summed E-state index contributed by atoms with van der Waals surface area (Å²) in [6.45, 7) is 2.04. The van der Waals surface area contributed by atoms with Crippen LogP contribution in [-0.2, 0) is 4.79 Å². The lowest BCUT2D eigenvalue weighted by molar-refractivity contribution is -0.137. The van der Waals surface area contributed by atoms with E-state index in [1.807, 2.05) is 6.92 Å². The van der Waals surface area contributed by atoms with Crippen molar-refractivity contribution in [1.29, 1.82) is 0 Å². The number of carbonyl (C=O) groups excluding carboxylic acids is 1. The van der Waals surface area contributed by atoms with E-state index < -0.39 is 0 Å². The van der Waals surface area contributed by atoms with Crippen LogP contribution >= 0.6 is 0 Å². The molecule has 0 aromatic heterocycles. The average Bonchev–Trinajstić information content (AvgIpc) is 2.30. The topological polar surface area (TPSA) is 17.1 Å². The number of allylic oxidation sites excluding steroid dienone is 2. The predicted octanol–water partition coefficient (Wildman–Crippen LogP) is 1.40. The molecule has 0 radical (unpaired) electrons. The molecule has 9 heavy (non-hydrogen) atoms. The summed E-state index contributed by atoms with van der Waals surface area (Å²) in [5.74, 6) is 1.80. The number of ketones is 1. The smallest absolute Gasteiger partial charge is 0.143 e. The van der Waals surface area contributed by atoms with Gasteiger partial charge in [-0.15, -0.1) is 0 Å². The highest BCUT2D eigenvalue weighted by Crippen LogP contribution is 2.43. The molecule has 0 aliphatic heterocycles. The third-order valence-corrected chi connectivity index (χ3v) is 2.63. The monoisotopic (exact) mass is 122 g/mol. The van der Waals surface area contributed by atoms with E-state index in [4.69, 9.17) is 0 Å². The quantitative estimate of drug-likeness (QED) is 0.444. The minimum atomic E-state index is 0.319. The van der Waals surface area contributed by atoms with E-state index in [0.717, 1.165) is 6.42 Å². The summed E-state index contributed by atoms with van der Waals surface area (Å²) in [5, 5.41) is 0. The lowest BCUT2D eigenvalue weighted by Crippen LogP contribution is -2.42. The Balaban J connectivity index is 2.21. The molecule has 0 aromatic rings. The van der Waals surface area contributed by atoms with Crippen LogP contribution < -0.4 is 0 Å². The van der Waals surface area contributed by atoms with Gasteiger partial charge in [0.2, 0.25) is 0 Å². The van der Waals surface area contributed by atoms with Crippen molar-refractivity contribution in [3.8, 4) is 0 Å². The molecule has 0 spiro atoms. The lowest BCUT2D eigenvalue weighted by Gasteiger charge is -2.35. The molecule has 1 saturated carbocycles. The van der Waals surface area contributed by atoms with Gasteiger partial charge in [-0.05, 0) is 12.3 Å². The molecule has 2 aliphatic rings. The minimum absolute atomic E-state index is 0.319. The number of Topliss-reactive ketones (excluding diaryl/α,β-unsaturated/α-hetero) is 1. The van der Waals surface area contributed by atoms with Crippen molar-refractivity contribution < 1.29 is 4.79 Å². The Morgan fingerprint density at radius 1 is 1.67 bits per heavy atom. The average molecular weight is 122 g/mol. The molecule has 0 N–H and O–H groups in total. The van der Waals surface area contributed by atoms with Crippen LogP contribution in [0.15, 0.2) is 12.2 Å². The second kappa shape index (κ2) is 1.47. The van der Waals surface area contributed by atoms with Crippen LogP contribution in [0.5, 0.6) is 0 Å². The Kier molecular flexibility index (Phi) is 0.850. The van der Waals surface area contributed by atoms with Crippen molar-refractivity contribution >= 4 is 5.78 Å². The van der Waals surface area contributed by atoms with E-state index in [1.165, 1.54) is 0 Å². The highest BCUT2D eigenvalue weighted by Gasteiger charge is 2.46. The molecule has 0 unspecified atom stereocenters. The molecule has 0 amide bonds. The van der Waals surface area contributed by atoms with Gasteiger partial charge < -0.3 is 0 Å². The molecule has 0 saturated heterocycles. The molecule has 0 heterocycles. The fraction of sp³-hybridized carbons (Fsp3) is 0.625. The molecular formula is C8H10O. The number of carbonyl (C=O) groups is 1. The van der Waals surface area contributed by atoms with Crippen LogP contribution in [-0.4, -0.2) is 5.78 Å². The van der Waals surface area contributed by atoms with Crippen molar-refractivity contribution in [3.63, 3.8) is 0 Å². The van der Waals surface area contributed by atoms with Crippen LogP contribution in [0.4, 0.5) is 0 Å². The van der Waals surface area contributed by atoms with Gasteiger partial charge in [0.25, 0.3) is 0 Å². The third-order valence-electron chi connectivity index (χ3n) is 2.63. The second-order valence-corrected chi connectivity index (χ2v) is 3.04. The first-order valence-corrected chi connectivity index (χ1v) is 3.51. The van der Waals surface area contributed by atoms with Gasteiger partial charge in [-0.3, -0.25) is 4.79 Å². The van der Waals surface area contributed by atoms with Gasteiger partial charge in [-0.1, -0.05) is 19.1 Å². The Hall–Kier alpha value is -0.590. The van der Waals surface area contributed by atoms with Gasteiger partial charge in [-0.2, -0.15) is 0 Å². The third kappa shape index (κ3) is 0.473. The van der Waals surface area contributed by atoms with Gasteiger partial charge in [0.05, 0.1) is 0 Å². The van der Waals surface area contributed by atoms with Crippen molar-refractivity contribution in [2.75, 3.05) is 0 Å². The molecule has 2 aliphatic carbocycles. The Morgan fingerprint density at radius 3 is 3.11 bits per heavy atom. The Bertz CT molecular complexity index is 181. The summed E-state index contributed by atoms with van der Waals surface area (Å²) in [7, 11) is 0. The summed E-state index contributed by atoms with van der Waals surface area (Å²) in [5.41, 5.74) is 0. The standard InChI is InChI=1S/C8H10O/c1-5-6-3-2-4-7(6)8(5)9/h2,4-7H,3H2,1H3/t5-,6-,7-/m0/s1. The zero-order valence-corrected chi connectivity index (χ0v) is 5.50. The highest BCUT2D eigenvalue weighted by molar-refractivity contribution is 5.92. The number of rotatable bonds is 0. The molecule has 2 rings (SSSR count). The first-order valence-electron chi connectivity index (χ1n) is 3.51. The maximum atomic E-state index is 11.0. The van der Waals surface area contributed by atoms with Gasteiger partial charge in [-0.25, -0.2) is 0 Å². The zero-order chi connectivity index (χ0) is 6.43. The maximum absolute atomic E-state index is 11.0. The Morgan fingerprint density at radius 2 is 2.44 bits per heavy atom. The van der Waals surface area contributed by atoms with E-state index >= 15 is 0 Å². The summed E-state index contributed by atoms with van der Waals surface area (Å²) in [6.07, 6.45) is 5.33. The zero-order valence-electron chi connectivity index (χ0n) is 5.50. The molecule has 0 aromatic carbocycles. The van der Waals surface area contributed by atoms with Crippen LogP contribution in [0.25, 0.3) is 0 Å². The minimum Gasteiger partial charge on any atom is -0.299 e. The van der Waals surface area contributed by atoms with Crippen molar-refractivity contribution in [2.45, 2.75) is 13.3 Å². The molecule has 1 nitrogen and oxygen atoms in total. The SMILES string of the molecule is C[C@@H]1C(=O)[C@H]2C=CC[C@@H]12. The fourth-order valence-corrected chi connectivity index (χ4v) is 1.89. The van der Waals surface area contributed by atoms with Crippen LogP contribution in [0.3, 0.4) is 0 Å². The first-order chi connectivity index (χ1) is 4.30. The number of hydrogen-bond donors (Lipinski definition) is 0. The van der Waals surface area contributed by atoms with Crippen molar-refractivity contribution in [2.24, 2.45) is 17.8 Å². The van der Waals surface area contributed by atoms with Gasteiger partial charge >= 0.3 is 0 Å². The number of fused-ring (bicyclic) bond motifs is 1. The maximum Gasteiger partial charge on any atom is 0.143 e. The molecule has 1 heteroatoms. The highest BCUT2D eigenvalue weighted by atomic mass is 16.1. The molecule has 0 bridgehead atoms. The van der Waals surface area contributed by atoms with E-state index in [0.29, 0.717) is 23.5 Å². The number of hydrogen-bond acceptors (Lipinski definition) is 1. The van der Waals surface area contributed by atoms with E-state index in [9.17, 15) is 4.79 Å². The van der Waals surface area contributed by atoms with Gasteiger partial charge in [0, 0.05) is 11.8 Å². The largest absolute Gasteiger partial charge is 0.299 e. The molecule has 48 valence electrons. The van der Waals surface area contributed by atoms with E-state index in [1.54, 1.807) is 0 Å². The summed E-state index contributed by atoms with van der Waals surface area (Å²) in [4.78, 5) is 11.0. The summed E-state index contributed by atoms with van der Waals surface area (Å²) in [6, 6.07) is 0. The molecular weight excluding hydrogens is 112 g/mol. The van der Waals surface area contributed by atoms with E-state index in [2.05, 4.69) is 12.2 Å². The normalized spacial score (nSPS) is 46.8. The van der Waals surface area contributed by atoms with Crippen LogP contribution in [0.1, 0.15) is 13.3 Å². The molecule has 3 atom stereocenters. The summed E-state index contributed by atoms with van der Waals surface area (Å²) < 4.78 is 0. The first kappa shape index (κ1) is 5.21. The summed E-state index contributed by atoms with van der Waals surface area (Å²) >= 11 is 0. The molecule has 1 fully saturated rings. The second-order valence-electron chi connectivity index (χ2n) is 3.04. The van der Waals surface area contributed by atoms with Crippen molar-refractivity contribution in [1.82, 2.24) is 0 Å². The lowest BCUT2D eigenvalue weighted by atomic mass is 9.66. The van der Waals surface area contributed by atoms with Gasteiger partial charge in [0.15, 0.2) is 0 Å². The van der Waals surface area contributed by atoms with Crippen molar-refractivity contribution in [3.05, 3.63) is 12.2 Å². The fourth-order valence-electron chi connectivity index (χ4n) is 1.89. The van der Waals surface area contributed by atoms with Crippen LogP contribution in [0.2, 0.25) is 0 Å². The van der Waals surface area contributed by atoms with Gasteiger partial charge in [0.1, 0.15) is 5.78 Å². The van der Waals surface area contributed by atoms with Crippen LogP contribution in [0, 0.1) is 17.8 Å². The predicted molar refractivity (Wildman–Crippen MR) is 34.9 cm³/mol. The van der Waals surface area contributed by atoms with E-state index in [-0.39, 0.29) is 0 Å². The Labute approximate surface area is 54.8 Å².